The molecule has 6 heteroatoms. The highest BCUT2D eigenvalue weighted by Gasteiger charge is 2.29. The molecule has 0 aliphatic carbocycles. The molecule has 6 nitrogen and oxygen atoms in total. The Kier molecular flexibility index (Phi) is 4.66. The SMILES string of the molecule is CC(C)(C)N1CCCC(Oc2nc(-c3ccncc3)cnc2N)C1. The van der Waals surface area contributed by atoms with Crippen LogP contribution in [0.25, 0.3) is 11.3 Å². The Morgan fingerprint density at radius 2 is 2.00 bits per heavy atom. The summed E-state index contributed by atoms with van der Waals surface area (Å²) < 4.78 is 6.12. The van der Waals surface area contributed by atoms with E-state index >= 15 is 0 Å². The molecule has 2 aromatic heterocycles. The summed E-state index contributed by atoms with van der Waals surface area (Å²) in [6.07, 6.45) is 7.33. The lowest BCUT2D eigenvalue weighted by Crippen LogP contribution is -2.50. The number of nitrogen functional groups attached to an aromatic ring is 1. The Morgan fingerprint density at radius 3 is 2.71 bits per heavy atom. The number of nitrogens with two attached hydrogens (primary N) is 1. The number of rotatable bonds is 3. The predicted molar refractivity (Wildman–Crippen MR) is 94.7 cm³/mol. The van der Waals surface area contributed by atoms with Crippen LogP contribution < -0.4 is 10.5 Å². The van der Waals surface area contributed by atoms with Gasteiger partial charge in [-0.3, -0.25) is 9.88 Å². The van der Waals surface area contributed by atoms with E-state index in [1.54, 1.807) is 18.6 Å². The molecule has 0 amide bonds. The van der Waals surface area contributed by atoms with Gasteiger partial charge < -0.3 is 10.5 Å². The average Bonchev–Trinajstić information content (AvgIpc) is 2.57. The standard InChI is InChI=1S/C18H25N5O/c1-18(2,3)23-10-4-5-14(12-23)24-17-16(19)21-11-15(22-17)13-6-8-20-9-7-13/h6-9,11,14H,4-5,10,12H2,1-3H3,(H2,19,21). The molecule has 0 radical (unpaired) electrons. The van der Waals surface area contributed by atoms with Crippen molar-refractivity contribution in [3.05, 3.63) is 30.7 Å². The first-order valence-electron chi connectivity index (χ1n) is 8.38. The smallest absolute Gasteiger partial charge is 0.258 e. The quantitative estimate of drug-likeness (QED) is 0.934. The summed E-state index contributed by atoms with van der Waals surface area (Å²) in [7, 11) is 0. The van der Waals surface area contributed by atoms with E-state index in [1.807, 2.05) is 12.1 Å². The molecular formula is C18H25N5O. The second-order valence-corrected chi connectivity index (χ2v) is 7.18. The fourth-order valence-corrected chi connectivity index (χ4v) is 2.93. The second kappa shape index (κ2) is 6.73. The van der Waals surface area contributed by atoms with E-state index < -0.39 is 0 Å². The first kappa shape index (κ1) is 16.6. The highest BCUT2D eigenvalue weighted by Crippen LogP contribution is 2.26. The van der Waals surface area contributed by atoms with Gasteiger partial charge in [0.25, 0.3) is 5.88 Å². The number of aromatic nitrogens is 3. The van der Waals surface area contributed by atoms with Crippen LogP contribution >= 0.6 is 0 Å². The fourth-order valence-electron chi connectivity index (χ4n) is 2.93. The van der Waals surface area contributed by atoms with Crippen LogP contribution in [0.15, 0.2) is 30.7 Å². The topological polar surface area (TPSA) is 77.2 Å². The van der Waals surface area contributed by atoms with E-state index in [1.165, 1.54) is 0 Å². The summed E-state index contributed by atoms with van der Waals surface area (Å²) in [5.74, 6) is 0.755. The van der Waals surface area contributed by atoms with Gasteiger partial charge in [-0.2, -0.15) is 0 Å². The van der Waals surface area contributed by atoms with Gasteiger partial charge in [0.2, 0.25) is 0 Å². The molecule has 0 aromatic carbocycles. The minimum Gasteiger partial charge on any atom is -0.470 e. The summed E-state index contributed by atoms with van der Waals surface area (Å²) in [5, 5.41) is 0. The Morgan fingerprint density at radius 1 is 1.25 bits per heavy atom. The molecule has 1 aliphatic rings. The molecule has 1 unspecified atom stereocenters. The molecule has 0 bridgehead atoms. The Hall–Kier alpha value is -2.21. The van der Waals surface area contributed by atoms with Gasteiger partial charge in [0.1, 0.15) is 6.10 Å². The van der Waals surface area contributed by atoms with Gasteiger partial charge in [-0.15, -0.1) is 0 Å². The van der Waals surface area contributed by atoms with Crippen molar-refractivity contribution < 1.29 is 4.74 Å². The van der Waals surface area contributed by atoms with Crippen molar-refractivity contribution in [2.24, 2.45) is 0 Å². The summed E-state index contributed by atoms with van der Waals surface area (Å²) >= 11 is 0. The number of ether oxygens (including phenoxy) is 1. The van der Waals surface area contributed by atoms with Crippen LogP contribution in [0.2, 0.25) is 0 Å². The lowest BCUT2D eigenvalue weighted by Gasteiger charge is -2.41. The number of pyridine rings is 1. The summed E-state index contributed by atoms with van der Waals surface area (Å²) in [6.45, 7) is 8.67. The molecule has 1 aliphatic heterocycles. The fraction of sp³-hybridized carbons (Fsp3) is 0.500. The predicted octanol–water partition coefficient (Wildman–Crippen LogP) is 2.76. The highest BCUT2D eigenvalue weighted by molar-refractivity contribution is 5.59. The molecule has 3 heterocycles. The Bertz CT molecular complexity index is 684. The van der Waals surface area contributed by atoms with Gasteiger partial charge in [0.05, 0.1) is 11.9 Å². The van der Waals surface area contributed by atoms with E-state index in [0.717, 1.165) is 37.2 Å². The normalized spacial score (nSPS) is 19.2. The van der Waals surface area contributed by atoms with Gasteiger partial charge in [-0.25, -0.2) is 9.97 Å². The van der Waals surface area contributed by atoms with Crippen molar-refractivity contribution in [2.75, 3.05) is 18.8 Å². The number of likely N-dealkylation sites (tertiary alicyclic amines) is 1. The van der Waals surface area contributed by atoms with Gasteiger partial charge in [-0.05, 0) is 52.3 Å². The third-order valence-corrected chi connectivity index (χ3v) is 4.35. The first-order valence-corrected chi connectivity index (χ1v) is 8.38. The minimum atomic E-state index is 0.0854. The van der Waals surface area contributed by atoms with Gasteiger partial charge in [0.15, 0.2) is 5.82 Å². The number of hydrogen-bond donors (Lipinski definition) is 1. The van der Waals surface area contributed by atoms with Crippen LogP contribution in [-0.2, 0) is 0 Å². The molecule has 0 spiro atoms. The minimum absolute atomic E-state index is 0.0854. The molecular weight excluding hydrogens is 302 g/mol. The van der Waals surface area contributed by atoms with Gasteiger partial charge >= 0.3 is 0 Å². The average molecular weight is 327 g/mol. The van der Waals surface area contributed by atoms with E-state index in [4.69, 9.17) is 10.5 Å². The van der Waals surface area contributed by atoms with E-state index in [-0.39, 0.29) is 11.6 Å². The number of nitrogens with zero attached hydrogens (tertiary/aromatic N) is 4. The third-order valence-electron chi connectivity index (χ3n) is 4.35. The molecule has 1 atom stereocenters. The van der Waals surface area contributed by atoms with E-state index in [2.05, 4.69) is 40.6 Å². The van der Waals surface area contributed by atoms with Crippen molar-refractivity contribution >= 4 is 5.82 Å². The zero-order chi connectivity index (χ0) is 17.2. The van der Waals surface area contributed by atoms with Crippen LogP contribution in [0.5, 0.6) is 5.88 Å². The van der Waals surface area contributed by atoms with Crippen LogP contribution in [-0.4, -0.2) is 44.6 Å². The van der Waals surface area contributed by atoms with Crippen molar-refractivity contribution in [3.8, 4) is 17.1 Å². The number of hydrogen-bond acceptors (Lipinski definition) is 6. The van der Waals surface area contributed by atoms with Crippen LogP contribution in [0.1, 0.15) is 33.6 Å². The highest BCUT2D eigenvalue weighted by atomic mass is 16.5. The summed E-state index contributed by atoms with van der Waals surface area (Å²) in [5.41, 5.74) is 7.81. The molecule has 24 heavy (non-hydrogen) atoms. The van der Waals surface area contributed by atoms with Crippen LogP contribution in [0.3, 0.4) is 0 Å². The lowest BCUT2D eigenvalue weighted by atomic mass is 9.99. The van der Waals surface area contributed by atoms with Crippen molar-refractivity contribution in [2.45, 2.75) is 45.3 Å². The zero-order valence-corrected chi connectivity index (χ0v) is 14.6. The van der Waals surface area contributed by atoms with Crippen LogP contribution in [0, 0.1) is 0 Å². The van der Waals surface area contributed by atoms with Crippen molar-refractivity contribution in [1.29, 1.82) is 0 Å². The van der Waals surface area contributed by atoms with Gasteiger partial charge in [-0.1, -0.05) is 0 Å². The van der Waals surface area contributed by atoms with E-state index in [9.17, 15) is 0 Å². The van der Waals surface area contributed by atoms with Crippen molar-refractivity contribution in [3.63, 3.8) is 0 Å². The number of anilines is 1. The molecule has 1 fully saturated rings. The number of piperidine rings is 1. The monoisotopic (exact) mass is 327 g/mol. The maximum atomic E-state index is 6.12. The molecule has 3 rings (SSSR count). The molecule has 1 saturated heterocycles. The van der Waals surface area contributed by atoms with Crippen LogP contribution in [0.4, 0.5) is 5.82 Å². The lowest BCUT2D eigenvalue weighted by molar-refractivity contribution is 0.0329. The third kappa shape index (κ3) is 3.82. The summed E-state index contributed by atoms with van der Waals surface area (Å²) in [6, 6.07) is 3.79. The van der Waals surface area contributed by atoms with Gasteiger partial charge in [0, 0.05) is 30.0 Å². The first-order chi connectivity index (χ1) is 11.4. The van der Waals surface area contributed by atoms with Crippen molar-refractivity contribution in [1.82, 2.24) is 19.9 Å². The Balaban J connectivity index is 1.77. The second-order valence-electron chi connectivity index (χ2n) is 7.18. The van der Waals surface area contributed by atoms with E-state index in [0.29, 0.717) is 11.7 Å². The molecule has 2 N–H and O–H groups in total. The molecule has 0 saturated carbocycles. The largest absolute Gasteiger partial charge is 0.470 e. The maximum absolute atomic E-state index is 6.12. The molecule has 128 valence electrons. The maximum Gasteiger partial charge on any atom is 0.258 e. The molecule has 2 aromatic rings. The summed E-state index contributed by atoms with van der Waals surface area (Å²) in [4.78, 5) is 15.3. The Labute approximate surface area is 143 Å². The zero-order valence-electron chi connectivity index (χ0n) is 14.6.